The van der Waals surface area contributed by atoms with Crippen molar-refractivity contribution in [3.63, 3.8) is 0 Å². The minimum atomic E-state index is -0.614. The van der Waals surface area contributed by atoms with E-state index in [9.17, 15) is 4.79 Å². The van der Waals surface area contributed by atoms with Crippen molar-refractivity contribution in [2.24, 2.45) is 0 Å². The molecule has 0 bridgehead atoms. The number of rotatable bonds is 5. The number of halogens is 1. The Morgan fingerprint density at radius 2 is 2.06 bits per heavy atom. The molecular formula is C25H25ClN4O3. The number of aromatic nitrogens is 2. The second kappa shape index (κ2) is 9.18. The van der Waals surface area contributed by atoms with E-state index in [1.54, 1.807) is 32.7 Å². The van der Waals surface area contributed by atoms with Gasteiger partial charge in [0.1, 0.15) is 5.60 Å². The minimum Gasteiger partial charge on any atom is -0.493 e. The van der Waals surface area contributed by atoms with Gasteiger partial charge in [-0.15, -0.1) is 0 Å². The molecule has 0 saturated heterocycles. The van der Waals surface area contributed by atoms with Crippen molar-refractivity contribution in [1.82, 2.24) is 15.3 Å². The number of fused-ring (bicyclic) bond motifs is 1. The van der Waals surface area contributed by atoms with Crippen molar-refractivity contribution >= 4 is 28.9 Å². The van der Waals surface area contributed by atoms with Gasteiger partial charge in [-0.2, -0.15) is 0 Å². The summed E-state index contributed by atoms with van der Waals surface area (Å²) in [6.07, 6.45) is 4.09. The van der Waals surface area contributed by atoms with Gasteiger partial charge in [-0.25, -0.2) is 0 Å². The molecule has 0 unspecified atom stereocenters. The number of hydrogen-bond donors (Lipinski definition) is 3. The van der Waals surface area contributed by atoms with E-state index in [0.29, 0.717) is 46.2 Å². The number of nitrogens with zero attached hydrogens (tertiary/aromatic N) is 1. The van der Waals surface area contributed by atoms with E-state index in [2.05, 4.69) is 32.4 Å². The van der Waals surface area contributed by atoms with E-state index in [4.69, 9.17) is 21.1 Å². The predicted octanol–water partition coefficient (Wildman–Crippen LogP) is 4.54. The summed E-state index contributed by atoms with van der Waals surface area (Å²) in [5.74, 6) is 6.67. The van der Waals surface area contributed by atoms with Gasteiger partial charge in [-0.1, -0.05) is 29.5 Å². The lowest BCUT2D eigenvalue weighted by Gasteiger charge is -2.17. The molecule has 7 nitrogen and oxygen atoms in total. The van der Waals surface area contributed by atoms with Crippen LogP contribution < -0.4 is 15.4 Å². The summed E-state index contributed by atoms with van der Waals surface area (Å²) in [5.41, 5.74) is 4.34. The third-order valence-electron chi connectivity index (χ3n) is 5.49. The molecule has 3 N–H and O–H groups in total. The molecule has 0 spiro atoms. The molecule has 0 atom stereocenters. The van der Waals surface area contributed by atoms with E-state index in [1.807, 2.05) is 32.0 Å². The molecule has 3 aromatic rings. The Balaban J connectivity index is 1.90. The van der Waals surface area contributed by atoms with Crippen molar-refractivity contribution in [2.45, 2.75) is 25.9 Å². The zero-order valence-corrected chi connectivity index (χ0v) is 19.7. The Morgan fingerprint density at radius 3 is 2.82 bits per heavy atom. The first-order valence-electron chi connectivity index (χ1n) is 10.5. The van der Waals surface area contributed by atoms with Crippen LogP contribution in [0.15, 0.2) is 36.7 Å². The minimum absolute atomic E-state index is 0.149. The van der Waals surface area contributed by atoms with E-state index >= 15 is 0 Å². The van der Waals surface area contributed by atoms with E-state index in [1.165, 1.54) is 0 Å². The van der Waals surface area contributed by atoms with Crippen molar-refractivity contribution in [3.8, 4) is 28.8 Å². The van der Waals surface area contributed by atoms with Gasteiger partial charge in [0.2, 0.25) is 0 Å². The van der Waals surface area contributed by atoms with Crippen LogP contribution in [0.3, 0.4) is 0 Å². The van der Waals surface area contributed by atoms with Gasteiger partial charge in [0.25, 0.3) is 5.91 Å². The van der Waals surface area contributed by atoms with Crippen LogP contribution in [0, 0.1) is 11.8 Å². The second-order valence-electron chi connectivity index (χ2n) is 8.07. The normalized spacial score (nSPS) is 12.9. The van der Waals surface area contributed by atoms with Crippen LogP contribution in [0.1, 0.15) is 35.5 Å². The standard InChI is InChI=1S/C25H25ClN4O3/c1-25(2,33-4)11-8-15-14-27-12-9-16(15)21-22(20-18(29-21)10-13-28-24(20)31)30-19-7-5-6-17(26)23(19)32-3/h5-7,9,12,14,29-30H,10,13H2,1-4H3,(H,28,31). The van der Waals surface area contributed by atoms with Gasteiger partial charge >= 0.3 is 0 Å². The topological polar surface area (TPSA) is 88.3 Å². The third kappa shape index (κ3) is 4.54. The Hall–Kier alpha value is -3.47. The van der Waals surface area contributed by atoms with Gasteiger partial charge in [-0.05, 0) is 32.0 Å². The lowest BCUT2D eigenvalue weighted by atomic mass is 10.0. The fourth-order valence-electron chi connectivity index (χ4n) is 3.64. The number of methoxy groups -OCH3 is 2. The summed E-state index contributed by atoms with van der Waals surface area (Å²) >= 11 is 6.33. The van der Waals surface area contributed by atoms with Crippen LogP contribution in [0.5, 0.6) is 5.75 Å². The summed E-state index contributed by atoms with van der Waals surface area (Å²) < 4.78 is 10.9. The number of hydrogen-bond acceptors (Lipinski definition) is 5. The fourth-order valence-corrected chi connectivity index (χ4v) is 3.89. The molecule has 1 amide bonds. The summed E-state index contributed by atoms with van der Waals surface area (Å²) in [6.45, 7) is 4.36. The van der Waals surface area contributed by atoms with Gasteiger partial charge in [0.15, 0.2) is 5.75 Å². The first-order chi connectivity index (χ1) is 15.8. The highest BCUT2D eigenvalue weighted by Crippen LogP contribution is 2.41. The number of carbonyl (C=O) groups excluding carboxylic acids is 1. The lowest BCUT2D eigenvalue weighted by molar-refractivity contribution is 0.0741. The maximum absolute atomic E-state index is 12.9. The van der Waals surface area contributed by atoms with Crippen LogP contribution in [0.4, 0.5) is 11.4 Å². The Kier molecular flexibility index (Phi) is 6.32. The fraction of sp³-hybridized carbons (Fsp3) is 0.280. The molecule has 2 aromatic heterocycles. The van der Waals surface area contributed by atoms with Gasteiger partial charge in [0, 0.05) is 43.7 Å². The molecule has 8 heteroatoms. The Labute approximate surface area is 197 Å². The molecule has 0 fully saturated rings. The lowest BCUT2D eigenvalue weighted by Crippen LogP contribution is -2.31. The van der Waals surface area contributed by atoms with Crippen molar-refractivity contribution < 1.29 is 14.3 Å². The molecular weight excluding hydrogens is 440 g/mol. The predicted molar refractivity (Wildman–Crippen MR) is 129 cm³/mol. The average molecular weight is 465 g/mol. The molecule has 1 aliphatic heterocycles. The number of para-hydroxylation sites is 1. The number of nitrogens with one attached hydrogen (secondary N) is 3. The zero-order chi connectivity index (χ0) is 23.6. The van der Waals surface area contributed by atoms with Crippen molar-refractivity contribution in [3.05, 3.63) is 58.5 Å². The van der Waals surface area contributed by atoms with Crippen molar-refractivity contribution in [1.29, 1.82) is 0 Å². The monoisotopic (exact) mass is 464 g/mol. The summed E-state index contributed by atoms with van der Waals surface area (Å²) in [7, 11) is 3.18. The first kappa shape index (κ1) is 22.7. The summed E-state index contributed by atoms with van der Waals surface area (Å²) in [6, 6.07) is 7.30. The molecule has 170 valence electrons. The zero-order valence-electron chi connectivity index (χ0n) is 18.9. The summed E-state index contributed by atoms with van der Waals surface area (Å²) in [4.78, 5) is 20.6. The number of carbonyl (C=O) groups is 1. The van der Waals surface area contributed by atoms with Crippen LogP contribution in [-0.2, 0) is 11.2 Å². The van der Waals surface area contributed by atoms with Crippen molar-refractivity contribution in [2.75, 3.05) is 26.1 Å². The number of H-pyrrole nitrogens is 1. The first-order valence-corrected chi connectivity index (χ1v) is 10.9. The molecule has 33 heavy (non-hydrogen) atoms. The highest BCUT2D eigenvalue weighted by atomic mass is 35.5. The Bertz CT molecular complexity index is 1270. The molecule has 0 saturated carbocycles. The number of aromatic amines is 1. The van der Waals surface area contributed by atoms with E-state index < -0.39 is 5.60 Å². The Morgan fingerprint density at radius 1 is 1.24 bits per heavy atom. The SMILES string of the molecule is COc1c(Cl)cccc1Nc1c(-c2ccncc2C#CC(C)(C)OC)[nH]c2c1C(=O)NCC2. The quantitative estimate of drug-likeness (QED) is 0.482. The highest BCUT2D eigenvalue weighted by Gasteiger charge is 2.28. The van der Waals surface area contributed by atoms with Crippen LogP contribution in [0.25, 0.3) is 11.3 Å². The highest BCUT2D eigenvalue weighted by molar-refractivity contribution is 6.32. The molecule has 0 radical (unpaired) electrons. The number of benzene rings is 1. The second-order valence-corrected chi connectivity index (χ2v) is 8.47. The number of pyridine rings is 1. The molecule has 4 rings (SSSR count). The molecule has 0 aliphatic carbocycles. The summed E-state index contributed by atoms with van der Waals surface area (Å²) in [5, 5.41) is 6.78. The number of amides is 1. The number of anilines is 2. The maximum Gasteiger partial charge on any atom is 0.255 e. The number of ether oxygens (including phenoxy) is 2. The van der Waals surface area contributed by atoms with Gasteiger partial charge in [-0.3, -0.25) is 9.78 Å². The largest absolute Gasteiger partial charge is 0.493 e. The maximum atomic E-state index is 12.9. The smallest absolute Gasteiger partial charge is 0.255 e. The van der Waals surface area contributed by atoms with Crippen LogP contribution in [0.2, 0.25) is 5.02 Å². The average Bonchev–Trinajstić information content (AvgIpc) is 3.17. The van der Waals surface area contributed by atoms with Gasteiger partial charge in [0.05, 0.1) is 40.3 Å². The van der Waals surface area contributed by atoms with E-state index in [0.717, 1.165) is 17.0 Å². The molecule has 3 heterocycles. The molecule has 1 aromatic carbocycles. The van der Waals surface area contributed by atoms with Crippen LogP contribution >= 0.6 is 11.6 Å². The van der Waals surface area contributed by atoms with Crippen LogP contribution in [-0.4, -0.2) is 42.2 Å². The van der Waals surface area contributed by atoms with Gasteiger partial charge < -0.3 is 25.1 Å². The van der Waals surface area contributed by atoms with E-state index in [-0.39, 0.29) is 5.91 Å². The third-order valence-corrected chi connectivity index (χ3v) is 5.79. The molecule has 1 aliphatic rings.